The zero-order valence-corrected chi connectivity index (χ0v) is 53.5. The summed E-state index contributed by atoms with van der Waals surface area (Å²) in [6, 6.07) is 0. The molecule has 0 aliphatic carbocycles. The second-order valence-corrected chi connectivity index (χ2v) is 23.1. The summed E-state index contributed by atoms with van der Waals surface area (Å²) >= 11 is 0. The van der Waals surface area contributed by atoms with Crippen LogP contribution in [0.15, 0.2) is 97.2 Å². The molecule has 0 saturated carbocycles. The van der Waals surface area contributed by atoms with Crippen molar-refractivity contribution in [3.05, 3.63) is 97.2 Å². The van der Waals surface area contributed by atoms with Crippen molar-refractivity contribution >= 4 is 17.9 Å². The lowest BCUT2D eigenvalue weighted by atomic mass is 10.0. The molecule has 0 aromatic rings. The van der Waals surface area contributed by atoms with Crippen molar-refractivity contribution in [3.63, 3.8) is 0 Å². The molecule has 466 valence electrons. The first-order chi connectivity index (χ1) is 40.0. The number of allylic oxidation sites excluding steroid dienone is 16. The smallest absolute Gasteiger partial charge is 0.306 e. The fraction of sp³-hybridized carbons (Fsp3) is 0.747. The predicted octanol–water partition coefficient (Wildman–Crippen LogP) is 24.0. The zero-order chi connectivity index (χ0) is 58.5. The molecular weight excluding hydrogens is 997 g/mol. The molecule has 0 radical (unpaired) electrons. The standard InChI is InChI=1S/C75H130O6/c1-4-7-10-13-15-17-19-21-23-25-27-29-31-32-33-34-35-36-37-38-39-40-41-42-44-45-47-49-51-53-55-57-59-62-65-68-74(77)80-71-72(70-79-73(76)67-64-61-12-9-6-3)81-75(78)69-66-63-60-58-56-54-52-50-48-46-43-30-28-26-24-22-20-18-16-14-11-8-5-2/h8,11,16,18,22,24-25,27-28,30,46,48,52,54,58,60,72H,4-7,9-10,12-15,17,19-21,23,26,29,31-45,47,49-51,53,55-57,59,61-71H2,1-3H3/b11-8-,18-16-,24-22-,27-25-,30-28-,48-46-,54-52-,60-58-. The Morgan fingerprint density at radius 1 is 0.259 bits per heavy atom. The number of ether oxygens (including phenoxy) is 3. The molecule has 1 unspecified atom stereocenters. The molecule has 0 aliphatic heterocycles. The van der Waals surface area contributed by atoms with Crippen LogP contribution in [0.25, 0.3) is 0 Å². The minimum Gasteiger partial charge on any atom is -0.462 e. The van der Waals surface area contributed by atoms with Gasteiger partial charge in [0.1, 0.15) is 13.2 Å². The summed E-state index contributed by atoms with van der Waals surface area (Å²) in [5.74, 6) is -0.964. The first-order valence-electron chi connectivity index (χ1n) is 34.7. The molecule has 0 N–H and O–H groups in total. The van der Waals surface area contributed by atoms with Gasteiger partial charge in [-0.1, -0.05) is 323 Å². The van der Waals surface area contributed by atoms with Crippen molar-refractivity contribution in [2.24, 2.45) is 0 Å². The van der Waals surface area contributed by atoms with E-state index in [1.807, 2.05) is 0 Å². The van der Waals surface area contributed by atoms with E-state index in [0.717, 1.165) is 103 Å². The van der Waals surface area contributed by atoms with E-state index >= 15 is 0 Å². The summed E-state index contributed by atoms with van der Waals surface area (Å²) in [5, 5.41) is 0. The number of unbranched alkanes of at least 4 members (excludes halogenated alkanes) is 36. The van der Waals surface area contributed by atoms with Crippen LogP contribution >= 0.6 is 0 Å². The Morgan fingerprint density at radius 2 is 0.494 bits per heavy atom. The highest BCUT2D eigenvalue weighted by atomic mass is 16.6. The third kappa shape index (κ3) is 67.0. The van der Waals surface area contributed by atoms with E-state index in [-0.39, 0.29) is 37.5 Å². The Hall–Kier alpha value is -3.67. The van der Waals surface area contributed by atoms with Crippen molar-refractivity contribution in [1.29, 1.82) is 0 Å². The van der Waals surface area contributed by atoms with Gasteiger partial charge in [-0.25, -0.2) is 0 Å². The van der Waals surface area contributed by atoms with Crippen LogP contribution in [0.3, 0.4) is 0 Å². The van der Waals surface area contributed by atoms with Gasteiger partial charge in [-0.05, 0) is 96.3 Å². The second kappa shape index (κ2) is 68.8. The first kappa shape index (κ1) is 77.3. The fourth-order valence-corrected chi connectivity index (χ4v) is 9.90. The van der Waals surface area contributed by atoms with Gasteiger partial charge < -0.3 is 14.2 Å². The summed E-state index contributed by atoms with van der Waals surface area (Å²) < 4.78 is 16.7. The summed E-state index contributed by atoms with van der Waals surface area (Å²) in [5.41, 5.74) is 0. The molecule has 0 amide bonds. The van der Waals surface area contributed by atoms with E-state index in [1.54, 1.807) is 0 Å². The molecule has 0 bridgehead atoms. The lowest BCUT2D eigenvalue weighted by molar-refractivity contribution is -0.167. The van der Waals surface area contributed by atoms with Gasteiger partial charge in [-0.3, -0.25) is 14.4 Å². The van der Waals surface area contributed by atoms with Crippen LogP contribution in [-0.4, -0.2) is 37.2 Å². The molecule has 0 rings (SSSR count). The molecule has 0 spiro atoms. The highest BCUT2D eigenvalue weighted by Crippen LogP contribution is 2.17. The maximum atomic E-state index is 12.8. The number of esters is 3. The van der Waals surface area contributed by atoms with E-state index in [1.165, 1.54) is 193 Å². The van der Waals surface area contributed by atoms with Gasteiger partial charge in [-0.15, -0.1) is 0 Å². The van der Waals surface area contributed by atoms with Gasteiger partial charge in [0, 0.05) is 19.3 Å². The number of carbonyl (C=O) groups excluding carboxylic acids is 3. The molecule has 0 aromatic carbocycles. The topological polar surface area (TPSA) is 78.9 Å². The van der Waals surface area contributed by atoms with Crippen molar-refractivity contribution in [2.45, 2.75) is 348 Å². The van der Waals surface area contributed by atoms with Crippen LogP contribution in [0.5, 0.6) is 0 Å². The van der Waals surface area contributed by atoms with E-state index in [9.17, 15) is 14.4 Å². The van der Waals surface area contributed by atoms with Crippen molar-refractivity contribution in [3.8, 4) is 0 Å². The highest BCUT2D eigenvalue weighted by Gasteiger charge is 2.19. The molecule has 0 aromatic heterocycles. The normalized spacial score (nSPS) is 12.7. The molecule has 81 heavy (non-hydrogen) atoms. The van der Waals surface area contributed by atoms with Gasteiger partial charge in [-0.2, -0.15) is 0 Å². The Balaban J connectivity index is 3.98. The van der Waals surface area contributed by atoms with E-state index < -0.39 is 6.10 Å². The Morgan fingerprint density at radius 3 is 0.802 bits per heavy atom. The number of carbonyl (C=O) groups is 3. The second-order valence-electron chi connectivity index (χ2n) is 23.1. The van der Waals surface area contributed by atoms with Crippen LogP contribution in [-0.2, 0) is 28.6 Å². The van der Waals surface area contributed by atoms with Gasteiger partial charge in [0.05, 0.1) is 0 Å². The average molecular weight is 1130 g/mol. The molecular formula is C75H130O6. The van der Waals surface area contributed by atoms with Crippen molar-refractivity contribution < 1.29 is 28.6 Å². The summed E-state index contributed by atoms with van der Waals surface area (Å²) in [4.78, 5) is 37.9. The van der Waals surface area contributed by atoms with Crippen LogP contribution in [0.2, 0.25) is 0 Å². The summed E-state index contributed by atoms with van der Waals surface area (Å²) in [7, 11) is 0. The Kier molecular flexibility index (Phi) is 65.7. The number of rotatable bonds is 63. The Bertz CT molecular complexity index is 1580. The third-order valence-electron chi connectivity index (χ3n) is 15.1. The highest BCUT2D eigenvalue weighted by molar-refractivity contribution is 5.71. The predicted molar refractivity (Wildman–Crippen MR) is 353 cm³/mol. The van der Waals surface area contributed by atoms with E-state index in [4.69, 9.17) is 14.2 Å². The van der Waals surface area contributed by atoms with Gasteiger partial charge in [0.25, 0.3) is 0 Å². The van der Waals surface area contributed by atoms with E-state index in [2.05, 4.69) is 118 Å². The molecule has 0 aliphatic rings. The van der Waals surface area contributed by atoms with Crippen LogP contribution in [0.4, 0.5) is 0 Å². The van der Waals surface area contributed by atoms with Crippen LogP contribution in [0.1, 0.15) is 342 Å². The van der Waals surface area contributed by atoms with Crippen LogP contribution in [0, 0.1) is 0 Å². The largest absolute Gasteiger partial charge is 0.462 e. The summed E-state index contributed by atoms with van der Waals surface area (Å²) in [6.07, 6.45) is 93.7. The lowest BCUT2D eigenvalue weighted by Crippen LogP contribution is -2.30. The zero-order valence-electron chi connectivity index (χ0n) is 53.5. The average Bonchev–Trinajstić information content (AvgIpc) is 3.47. The monoisotopic (exact) mass is 1130 g/mol. The molecule has 0 heterocycles. The van der Waals surface area contributed by atoms with Crippen LogP contribution < -0.4 is 0 Å². The molecule has 6 nitrogen and oxygen atoms in total. The fourth-order valence-electron chi connectivity index (χ4n) is 9.90. The quantitative estimate of drug-likeness (QED) is 0.0261. The lowest BCUT2D eigenvalue weighted by Gasteiger charge is -2.18. The van der Waals surface area contributed by atoms with Crippen molar-refractivity contribution in [1.82, 2.24) is 0 Å². The molecule has 0 fully saturated rings. The number of hydrogen-bond acceptors (Lipinski definition) is 6. The first-order valence-corrected chi connectivity index (χ1v) is 34.7. The number of hydrogen-bond donors (Lipinski definition) is 0. The van der Waals surface area contributed by atoms with Crippen molar-refractivity contribution in [2.75, 3.05) is 13.2 Å². The molecule has 0 saturated heterocycles. The minimum absolute atomic E-state index is 0.0985. The van der Waals surface area contributed by atoms with Gasteiger partial charge in [0.15, 0.2) is 6.10 Å². The molecule has 1 atom stereocenters. The summed E-state index contributed by atoms with van der Waals surface area (Å²) in [6.45, 7) is 6.42. The van der Waals surface area contributed by atoms with E-state index in [0.29, 0.717) is 19.3 Å². The van der Waals surface area contributed by atoms with Gasteiger partial charge in [0.2, 0.25) is 0 Å². The Labute approximate surface area is 502 Å². The maximum absolute atomic E-state index is 12.8. The SMILES string of the molecule is CC/C=C\C/C=C\C/C=C\C/C=C\C/C=C\C/C=C\C/C=C\CCCC(=O)OC(COC(=O)CCCCCCC)COC(=O)CCCCCCCCCCCCCCCCCCCCCCCCC/C=C\CCCCCCCCCC. The van der Waals surface area contributed by atoms with Gasteiger partial charge >= 0.3 is 17.9 Å². The molecule has 6 heteroatoms. The maximum Gasteiger partial charge on any atom is 0.306 e. The minimum atomic E-state index is -0.805. The third-order valence-corrected chi connectivity index (χ3v) is 15.1.